The summed E-state index contributed by atoms with van der Waals surface area (Å²) >= 11 is 0. The monoisotopic (exact) mass is 261 g/mol. The highest BCUT2D eigenvalue weighted by Gasteiger charge is 2.02. The minimum absolute atomic E-state index is 0.00712. The van der Waals surface area contributed by atoms with Gasteiger partial charge in [-0.1, -0.05) is 24.3 Å². The molecule has 19 heavy (non-hydrogen) atoms. The van der Waals surface area contributed by atoms with E-state index in [9.17, 15) is 9.90 Å². The zero-order chi connectivity index (χ0) is 14.3. The molecule has 1 aromatic rings. The highest BCUT2D eigenvalue weighted by molar-refractivity contribution is 5.69. The third-order valence-electron chi connectivity index (χ3n) is 2.59. The first-order valence-corrected chi connectivity index (χ1v) is 6.02. The van der Waals surface area contributed by atoms with Crippen molar-refractivity contribution in [1.82, 2.24) is 4.90 Å². The highest BCUT2D eigenvalue weighted by atomic mass is 16.4. The lowest BCUT2D eigenvalue weighted by atomic mass is 10.1. The molecule has 0 aliphatic carbocycles. The Hall–Kier alpha value is -2.07. The van der Waals surface area contributed by atoms with Gasteiger partial charge in [-0.2, -0.15) is 0 Å². The summed E-state index contributed by atoms with van der Waals surface area (Å²) in [6, 6.07) is 5.40. The molecule has 1 rings (SSSR count). The molecule has 0 fully saturated rings. The molecule has 0 aliphatic heterocycles. The molecule has 0 bridgehead atoms. The second-order valence-electron chi connectivity index (χ2n) is 4.38. The van der Waals surface area contributed by atoms with Crippen molar-refractivity contribution in [3.8, 4) is 5.75 Å². The first-order valence-electron chi connectivity index (χ1n) is 6.02. The fourth-order valence-corrected chi connectivity index (χ4v) is 1.69. The minimum Gasteiger partial charge on any atom is -0.507 e. The number of hydrogen-bond donors (Lipinski definition) is 2. The largest absolute Gasteiger partial charge is 0.507 e. The van der Waals surface area contributed by atoms with E-state index in [2.05, 4.69) is 6.58 Å². The van der Waals surface area contributed by atoms with Gasteiger partial charge in [0.25, 0.3) is 0 Å². The van der Waals surface area contributed by atoms with E-state index in [0.29, 0.717) is 6.54 Å². The second kappa shape index (κ2) is 7.38. The number of allylic oxidation sites excluding steroid dienone is 1. The standard InChI is InChI=1S/C15H19NO3/c1-3-5-12-7-8-14(17)13(10-12)6-4-9-16(2)11-15(18)19/h3-4,6-8,10,17H,1,5,9,11H2,2H3,(H,18,19). The normalized spacial score (nSPS) is 11.1. The SMILES string of the molecule is C=CCc1ccc(O)c(C=CCN(C)CC(=O)O)c1. The molecule has 0 atom stereocenters. The summed E-state index contributed by atoms with van der Waals surface area (Å²) in [6.45, 7) is 4.18. The van der Waals surface area contributed by atoms with Crippen LogP contribution in [0.2, 0.25) is 0 Å². The molecule has 0 aromatic heterocycles. The molecule has 0 saturated carbocycles. The van der Waals surface area contributed by atoms with Crippen LogP contribution in [-0.4, -0.2) is 41.2 Å². The summed E-state index contributed by atoms with van der Waals surface area (Å²) in [7, 11) is 1.73. The number of nitrogens with zero attached hydrogens (tertiary/aromatic N) is 1. The summed E-state index contributed by atoms with van der Waals surface area (Å²) in [6.07, 6.45) is 6.18. The average molecular weight is 261 g/mol. The van der Waals surface area contributed by atoms with Gasteiger partial charge in [0.2, 0.25) is 0 Å². The van der Waals surface area contributed by atoms with E-state index >= 15 is 0 Å². The van der Waals surface area contributed by atoms with E-state index in [1.54, 1.807) is 30.2 Å². The molecule has 102 valence electrons. The van der Waals surface area contributed by atoms with E-state index in [1.165, 1.54) is 0 Å². The molecule has 0 aliphatic rings. The summed E-state index contributed by atoms with van der Waals surface area (Å²) in [5.74, 6) is -0.642. The molecule has 0 spiro atoms. The molecule has 0 unspecified atom stereocenters. The summed E-state index contributed by atoms with van der Waals surface area (Å²) in [5.41, 5.74) is 1.80. The van der Waals surface area contributed by atoms with Crippen LogP contribution in [-0.2, 0) is 11.2 Å². The van der Waals surface area contributed by atoms with Gasteiger partial charge in [-0.15, -0.1) is 6.58 Å². The van der Waals surface area contributed by atoms with Crippen LogP contribution in [0.5, 0.6) is 5.75 Å². The maximum Gasteiger partial charge on any atom is 0.317 e. The molecule has 0 saturated heterocycles. The van der Waals surface area contributed by atoms with Crippen LogP contribution in [0, 0.1) is 0 Å². The Kier molecular flexibility index (Phi) is 5.82. The Morgan fingerprint density at radius 2 is 2.21 bits per heavy atom. The number of aromatic hydroxyl groups is 1. The summed E-state index contributed by atoms with van der Waals surface area (Å²) in [4.78, 5) is 12.2. The lowest BCUT2D eigenvalue weighted by molar-refractivity contribution is -0.137. The maximum atomic E-state index is 10.5. The number of aliphatic carboxylic acids is 1. The van der Waals surface area contributed by atoms with Gasteiger partial charge < -0.3 is 10.2 Å². The topological polar surface area (TPSA) is 60.8 Å². The zero-order valence-corrected chi connectivity index (χ0v) is 11.0. The van der Waals surface area contributed by atoms with E-state index in [-0.39, 0.29) is 12.3 Å². The van der Waals surface area contributed by atoms with Crippen molar-refractivity contribution in [2.24, 2.45) is 0 Å². The van der Waals surface area contributed by atoms with Crippen molar-refractivity contribution in [3.63, 3.8) is 0 Å². The van der Waals surface area contributed by atoms with Gasteiger partial charge in [0, 0.05) is 12.1 Å². The predicted molar refractivity (Wildman–Crippen MR) is 76.2 cm³/mol. The van der Waals surface area contributed by atoms with Crippen LogP contribution in [0.4, 0.5) is 0 Å². The Morgan fingerprint density at radius 1 is 1.47 bits per heavy atom. The molecule has 4 heteroatoms. The first-order chi connectivity index (χ1) is 9.02. The van der Waals surface area contributed by atoms with E-state index in [0.717, 1.165) is 17.5 Å². The Morgan fingerprint density at radius 3 is 2.84 bits per heavy atom. The number of rotatable bonds is 7. The molecule has 4 nitrogen and oxygen atoms in total. The van der Waals surface area contributed by atoms with Crippen molar-refractivity contribution >= 4 is 12.0 Å². The third-order valence-corrected chi connectivity index (χ3v) is 2.59. The highest BCUT2D eigenvalue weighted by Crippen LogP contribution is 2.20. The van der Waals surface area contributed by atoms with E-state index < -0.39 is 5.97 Å². The predicted octanol–water partition coefficient (Wildman–Crippen LogP) is 2.15. The Bertz CT molecular complexity index is 480. The van der Waals surface area contributed by atoms with Gasteiger partial charge in [-0.25, -0.2) is 0 Å². The van der Waals surface area contributed by atoms with Gasteiger partial charge in [-0.05, 0) is 31.2 Å². The summed E-state index contributed by atoms with van der Waals surface area (Å²) < 4.78 is 0. The number of likely N-dealkylation sites (N-methyl/N-ethyl adjacent to an activating group) is 1. The van der Waals surface area contributed by atoms with Crippen LogP contribution < -0.4 is 0 Å². The fourth-order valence-electron chi connectivity index (χ4n) is 1.69. The van der Waals surface area contributed by atoms with E-state index in [4.69, 9.17) is 5.11 Å². The molecular formula is C15H19NO3. The van der Waals surface area contributed by atoms with Gasteiger partial charge in [0.05, 0.1) is 6.54 Å². The van der Waals surface area contributed by atoms with Gasteiger partial charge >= 0.3 is 5.97 Å². The lowest BCUT2D eigenvalue weighted by Crippen LogP contribution is -2.25. The average Bonchev–Trinajstić information content (AvgIpc) is 2.32. The third kappa shape index (κ3) is 5.40. The quantitative estimate of drug-likeness (QED) is 0.738. The van der Waals surface area contributed by atoms with Crippen LogP contribution in [0.1, 0.15) is 11.1 Å². The molecule has 0 amide bonds. The van der Waals surface area contributed by atoms with Crippen LogP contribution in [0.3, 0.4) is 0 Å². The van der Waals surface area contributed by atoms with Gasteiger partial charge in [0.15, 0.2) is 0 Å². The van der Waals surface area contributed by atoms with Crippen LogP contribution in [0.15, 0.2) is 36.9 Å². The zero-order valence-electron chi connectivity index (χ0n) is 11.0. The maximum absolute atomic E-state index is 10.5. The fraction of sp³-hybridized carbons (Fsp3) is 0.267. The van der Waals surface area contributed by atoms with Crippen molar-refractivity contribution in [1.29, 1.82) is 0 Å². The van der Waals surface area contributed by atoms with Gasteiger partial charge in [-0.3, -0.25) is 9.69 Å². The number of phenols is 1. The number of hydrogen-bond acceptors (Lipinski definition) is 3. The smallest absolute Gasteiger partial charge is 0.317 e. The van der Waals surface area contributed by atoms with Crippen molar-refractivity contribution in [3.05, 3.63) is 48.1 Å². The van der Waals surface area contributed by atoms with E-state index in [1.807, 2.05) is 18.2 Å². The number of carboxylic acid groups (broad SMARTS) is 1. The number of benzene rings is 1. The second-order valence-corrected chi connectivity index (χ2v) is 4.38. The van der Waals surface area contributed by atoms with Crippen LogP contribution in [0.25, 0.3) is 6.08 Å². The molecular weight excluding hydrogens is 242 g/mol. The number of carboxylic acids is 1. The van der Waals surface area contributed by atoms with Crippen molar-refractivity contribution < 1.29 is 15.0 Å². The number of carbonyl (C=O) groups is 1. The lowest BCUT2D eigenvalue weighted by Gasteiger charge is -2.10. The van der Waals surface area contributed by atoms with Crippen molar-refractivity contribution in [2.45, 2.75) is 6.42 Å². The van der Waals surface area contributed by atoms with Crippen LogP contribution >= 0.6 is 0 Å². The molecule has 0 heterocycles. The first kappa shape index (κ1) is 15.0. The van der Waals surface area contributed by atoms with Gasteiger partial charge in [0.1, 0.15) is 5.75 Å². The molecule has 1 aromatic carbocycles. The Balaban J connectivity index is 2.67. The van der Waals surface area contributed by atoms with Crippen molar-refractivity contribution in [2.75, 3.05) is 20.1 Å². The Labute approximate surface area is 113 Å². The summed E-state index contributed by atoms with van der Waals surface area (Å²) in [5, 5.41) is 18.4. The molecule has 2 N–H and O–H groups in total. The molecule has 0 radical (unpaired) electrons. The number of phenolic OH excluding ortho intramolecular Hbond substituents is 1. The minimum atomic E-state index is -0.855.